The zero-order valence-corrected chi connectivity index (χ0v) is 15.5. The molecule has 25 heavy (non-hydrogen) atoms. The van der Waals surface area contributed by atoms with E-state index in [2.05, 4.69) is 18.7 Å². The molecule has 1 aromatic carbocycles. The van der Waals surface area contributed by atoms with Crippen molar-refractivity contribution in [2.45, 2.75) is 20.3 Å². The molecule has 0 unspecified atom stereocenters. The maximum atomic E-state index is 12.6. The van der Waals surface area contributed by atoms with Gasteiger partial charge in [0.1, 0.15) is 5.75 Å². The minimum atomic E-state index is -0.00543. The number of carbonyl (C=O) groups excluding carboxylic acids is 2. The fourth-order valence-corrected chi connectivity index (χ4v) is 3.05. The first-order valence-corrected chi connectivity index (χ1v) is 9.02. The second kappa shape index (κ2) is 9.42. The number of nitrogens with zero attached hydrogens (tertiary/aromatic N) is 3. The fraction of sp³-hybridized carbons (Fsp3) is 0.579. The Morgan fingerprint density at radius 3 is 2.32 bits per heavy atom. The van der Waals surface area contributed by atoms with Crippen LogP contribution >= 0.6 is 0 Å². The number of piperazine rings is 1. The smallest absolute Gasteiger partial charge is 0.254 e. The van der Waals surface area contributed by atoms with E-state index in [0.29, 0.717) is 43.9 Å². The monoisotopic (exact) mass is 347 g/mol. The Morgan fingerprint density at radius 2 is 1.72 bits per heavy atom. The molecule has 1 aromatic rings. The summed E-state index contributed by atoms with van der Waals surface area (Å²) >= 11 is 0. The number of hydrogen-bond donors (Lipinski definition) is 0. The Morgan fingerprint density at radius 1 is 1.08 bits per heavy atom. The van der Waals surface area contributed by atoms with E-state index in [1.807, 2.05) is 21.9 Å². The molecular formula is C19H29N3O3. The number of hydrogen-bond acceptors (Lipinski definition) is 4. The molecule has 0 N–H and O–H groups in total. The van der Waals surface area contributed by atoms with Gasteiger partial charge in [-0.15, -0.1) is 0 Å². The summed E-state index contributed by atoms with van der Waals surface area (Å²) in [5.74, 6) is 0.852. The molecule has 0 saturated carbocycles. The van der Waals surface area contributed by atoms with Gasteiger partial charge in [0.05, 0.1) is 7.11 Å². The highest BCUT2D eigenvalue weighted by Crippen LogP contribution is 2.15. The summed E-state index contributed by atoms with van der Waals surface area (Å²) in [4.78, 5) is 30.9. The van der Waals surface area contributed by atoms with Gasteiger partial charge < -0.3 is 19.4 Å². The van der Waals surface area contributed by atoms with Gasteiger partial charge in [0.2, 0.25) is 5.91 Å². The first-order chi connectivity index (χ1) is 12.1. The molecule has 2 rings (SSSR count). The van der Waals surface area contributed by atoms with Crippen LogP contribution in [-0.2, 0) is 4.79 Å². The summed E-state index contributed by atoms with van der Waals surface area (Å²) in [5, 5.41) is 0. The molecule has 0 radical (unpaired) electrons. The first-order valence-electron chi connectivity index (χ1n) is 9.02. The first kappa shape index (κ1) is 19.2. The van der Waals surface area contributed by atoms with Gasteiger partial charge in [-0.2, -0.15) is 0 Å². The van der Waals surface area contributed by atoms with E-state index in [-0.39, 0.29) is 11.8 Å². The van der Waals surface area contributed by atoms with E-state index in [1.54, 1.807) is 19.2 Å². The molecule has 1 aliphatic heterocycles. The molecule has 0 aromatic heterocycles. The molecular weight excluding hydrogens is 318 g/mol. The number of benzene rings is 1. The Hall–Kier alpha value is -2.08. The topological polar surface area (TPSA) is 53.1 Å². The summed E-state index contributed by atoms with van der Waals surface area (Å²) in [7, 11) is 1.59. The lowest BCUT2D eigenvalue weighted by molar-refractivity contribution is -0.133. The zero-order valence-electron chi connectivity index (χ0n) is 15.5. The molecule has 2 amide bonds. The summed E-state index contributed by atoms with van der Waals surface area (Å²) < 4.78 is 5.18. The lowest BCUT2D eigenvalue weighted by atomic mass is 10.1. The quantitative estimate of drug-likeness (QED) is 0.753. The van der Waals surface area contributed by atoms with E-state index in [4.69, 9.17) is 4.74 Å². The summed E-state index contributed by atoms with van der Waals surface area (Å²) in [5.41, 5.74) is 0.626. The summed E-state index contributed by atoms with van der Waals surface area (Å²) in [6, 6.07) is 7.19. The fourth-order valence-electron chi connectivity index (χ4n) is 3.05. The van der Waals surface area contributed by atoms with Crippen LogP contribution in [0.5, 0.6) is 5.75 Å². The third kappa shape index (κ3) is 5.19. The minimum absolute atomic E-state index is 0.00543. The van der Waals surface area contributed by atoms with Crippen LogP contribution in [0.2, 0.25) is 0 Å². The van der Waals surface area contributed by atoms with Gasteiger partial charge in [-0.05, 0) is 31.3 Å². The van der Waals surface area contributed by atoms with Crippen molar-refractivity contribution in [3.8, 4) is 5.75 Å². The van der Waals surface area contributed by atoms with Crippen LogP contribution in [-0.4, -0.2) is 79.4 Å². The van der Waals surface area contributed by atoms with Crippen LogP contribution in [0.15, 0.2) is 24.3 Å². The lowest BCUT2D eigenvalue weighted by Crippen LogP contribution is -2.51. The Balaban J connectivity index is 1.84. The Bertz CT molecular complexity index is 579. The molecule has 6 nitrogen and oxygen atoms in total. The highest BCUT2D eigenvalue weighted by atomic mass is 16.5. The van der Waals surface area contributed by atoms with Crippen molar-refractivity contribution in [2.24, 2.45) is 0 Å². The van der Waals surface area contributed by atoms with Gasteiger partial charge in [-0.3, -0.25) is 9.59 Å². The van der Waals surface area contributed by atoms with Crippen molar-refractivity contribution in [3.05, 3.63) is 29.8 Å². The van der Waals surface area contributed by atoms with Crippen LogP contribution in [0.4, 0.5) is 0 Å². The molecule has 0 bridgehead atoms. The molecule has 1 fully saturated rings. The second-order valence-electron chi connectivity index (χ2n) is 6.18. The van der Waals surface area contributed by atoms with E-state index >= 15 is 0 Å². The van der Waals surface area contributed by atoms with Crippen LogP contribution in [0.1, 0.15) is 30.6 Å². The zero-order chi connectivity index (χ0) is 18.2. The number of rotatable bonds is 7. The minimum Gasteiger partial charge on any atom is -0.497 e. The van der Waals surface area contributed by atoms with Gasteiger partial charge in [-0.1, -0.05) is 19.9 Å². The van der Waals surface area contributed by atoms with Crippen molar-refractivity contribution in [3.63, 3.8) is 0 Å². The van der Waals surface area contributed by atoms with Crippen molar-refractivity contribution >= 4 is 11.8 Å². The van der Waals surface area contributed by atoms with Crippen LogP contribution in [0.25, 0.3) is 0 Å². The number of amides is 2. The average Bonchev–Trinajstić information content (AvgIpc) is 2.68. The van der Waals surface area contributed by atoms with Gasteiger partial charge in [-0.25, -0.2) is 0 Å². The highest BCUT2D eigenvalue weighted by molar-refractivity contribution is 5.94. The van der Waals surface area contributed by atoms with Gasteiger partial charge in [0.15, 0.2) is 0 Å². The maximum Gasteiger partial charge on any atom is 0.254 e. The summed E-state index contributed by atoms with van der Waals surface area (Å²) in [6.07, 6.45) is 0.547. The van der Waals surface area contributed by atoms with Crippen LogP contribution in [0.3, 0.4) is 0 Å². The largest absolute Gasteiger partial charge is 0.497 e. The molecule has 1 aliphatic rings. The number of carbonyl (C=O) groups is 2. The van der Waals surface area contributed by atoms with Gasteiger partial charge in [0.25, 0.3) is 5.91 Å². The van der Waals surface area contributed by atoms with Crippen LogP contribution in [0, 0.1) is 0 Å². The predicted molar refractivity (Wildman–Crippen MR) is 97.9 cm³/mol. The molecule has 0 aliphatic carbocycles. The lowest BCUT2D eigenvalue weighted by Gasteiger charge is -2.35. The van der Waals surface area contributed by atoms with E-state index in [9.17, 15) is 9.59 Å². The van der Waals surface area contributed by atoms with E-state index < -0.39 is 0 Å². The SMILES string of the molecule is CCN(CC)CCC(=O)N1CCN(C(=O)c2cccc(OC)c2)CC1. The Kier molecular flexibility index (Phi) is 7.25. The molecule has 1 saturated heterocycles. The standard InChI is InChI=1S/C19H29N3O3/c1-4-20(5-2)10-9-18(23)21-11-13-22(14-12-21)19(24)16-7-6-8-17(15-16)25-3/h6-8,15H,4-5,9-14H2,1-3H3. The molecule has 0 spiro atoms. The van der Waals surface area contributed by atoms with Gasteiger partial charge in [0, 0.05) is 44.7 Å². The third-order valence-electron chi connectivity index (χ3n) is 4.77. The Labute approximate surface area is 150 Å². The summed E-state index contributed by atoms with van der Waals surface area (Å²) in [6.45, 7) is 9.31. The van der Waals surface area contributed by atoms with Crippen LogP contribution < -0.4 is 4.74 Å². The van der Waals surface area contributed by atoms with E-state index in [0.717, 1.165) is 19.6 Å². The predicted octanol–water partition coefficient (Wildman–Crippen LogP) is 1.71. The second-order valence-corrected chi connectivity index (χ2v) is 6.18. The molecule has 138 valence electrons. The van der Waals surface area contributed by atoms with Crippen molar-refractivity contribution in [1.82, 2.24) is 14.7 Å². The molecule has 1 heterocycles. The van der Waals surface area contributed by atoms with Gasteiger partial charge >= 0.3 is 0 Å². The molecule has 6 heteroatoms. The normalized spacial score (nSPS) is 14.7. The van der Waals surface area contributed by atoms with Crippen molar-refractivity contribution < 1.29 is 14.3 Å². The number of ether oxygens (including phenoxy) is 1. The third-order valence-corrected chi connectivity index (χ3v) is 4.77. The molecule has 0 atom stereocenters. The van der Waals surface area contributed by atoms with E-state index in [1.165, 1.54) is 0 Å². The maximum absolute atomic E-state index is 12.6. The highest BCUT2D eigenvalue weighted by Gasteiger charge is 2.25. The van der Waals surface area contributed by atoms with Crippen molar-refractivity contribution in [2.75, 3.05) is 52.9 Å². The number of methoxy groups -OCH3 is 1. The average molecular weight is 347 g/mol. The van der Waals surface area contributed by atoms with Crippen molar-refractivity contribution in [1.29, 1.82) is 0 Å².